The van der Waals surface area contributed by atoms with E-state index in [9.17, 15) is 4.79 Å². The van der Waals surface area contributed by atoms with Crippen molar-refractivity contribution in [2.24, 2.45) is 7.05 Å². The molecule has 0 spiro atoms. The summed E-state index contributed by atoms with van der Waals surface area (Å²) in [5.74, 6) is 0.828. The molecular formula is C13H17Cl2N5O. The number of nitrogens with one attached hydrogen (secondary N) is 2. The van der Waals surface area contributed by atoms with Crippen LogP contribution in [-0.2, 0) is 7.05 Å². The van der Waals surface area contributed by atoms with Gasteiger partial charge in [0, 0.05) is 45.3 Å². The number of nitrogens with zero attached hydrogens (tertiary/aromatic N) is 3. The van der Waals surface area contributed by atoms with Gasteiger partial charge in [-0.15, -0.1) is 12.4 Å². The molecule has 8 heteroatoms. The van der Waals surface area contributed by atoms with Crippen molar-refractivity contribution in [3.8, 4) is 0 Å². The first-order chi connectivity index (χ1) is 9.66. The van der Waals surface area contributed by atoms with Crippen molar-refractivity contribution in [3.05, 3.63) is 41.2 Å². The van der Waals surface area contributed by atoms with Gasteiger partial charge in [0.25, 0.3) is 5.91 Å². The summed E-state index contributed by atoms with van der Waals surface area (Å²) in [6, 6.07) is 1.58. The quantitative estimate of drug-likeness (QED) is 0.879. The van der Waals surface area contributed by atoms with E-state index in [0.29, 0.717) is 23.8 Å². The molecule has 3 heterocycles. The summed E-state index contributed by atoms with van der Waals surface area (Å²) < 4.78 is 1.94. The van der Waals surface area contributed by atoms with Crippen molar-refractivity contribution in [2.45, 2.75) is 6.04 Å². The van der Waals surface area contributed by atoms with Gasteiger partial charge in [0.15, 0.2) is 0 Å². The average molecular weight is 330 g/mol. The van der Waals surface area contributed by atoms with Crippen LogP contribution in [0.4, 0.5) is 0 Å². The zero-order valence-corrected chi connectivity index (χ0v) is 13.1. The monoisotopic (exact) mass is 329 g/mol. The summed E-state index contributed by atoms with van der Waals surface area (Å²) in [4.78, 5) is 21.7. The molecule has 0 radical (unpaired) electrons. The van der Waals surface area contributed by atoms with Gasteiger partial charge < -0.3 is 19.8 Å². The number of carbonyl (C=O) groups excluding carboxylic acids is 1. The lowest BCUT2D eigenvalue weighted by molar-refractivity contribution is 0.0615. The standard InChI is InChI=1S/C13H16ClN5O.ClH/c1-18-4-3-16-12(18)11-8-15-2-5-19(11)13(20)10-6-9(14)7-17-10;/h3-4,6-7,11,15,17H,2,5,8H2,1H3;1H. The molecule has 2 aromatic rings. The Hall–Kier alpha value is -1.50. The van der Waals surface area contributed by atoms with E-state index in [1.165, 1.54) is 0 Å². The van der Waals surface area contributed by atoms with E-state index in [-0.39, 0.29) is 24.4 Å². The van der Waals surface area contributed by atoms with E-state index in [1.807, 2.05) is 22.7 Å². The Balaban J connectivity index is 0.00000161. The predicted molar refractivity (Wildman–Crippen MR) is 82.9 cm³/mol. The number of amides is 1. The Morgan fingerprint density at radius 3 is 2.95 bits per heavy atom. The summed E-state index contributed by atoms with van der Waals surface area (Å²) in [6.07, 6.45) is 5.25. The highest BCUT2D eigenvalue weighted by atomic mass is 35.5. The second-order valence-electron chi connectivity index (χ2n) is 4.85. The molecular weight excluding hydrogens is 313 g/mol. The number of piperazine rings is 1. The third-order valence-electron chi connectivity index (χ3n) is 3.54. The van der Waals surface area contributed by atoms with Crippen molar-refractivity contribution in [3.63, 3.8) is 0 Å². The van der Waals surface area contributed by atoms with Gasteiger partial charge in [-0.25, -0.2) is 4.98 Å². The SMILES string of the molecule is Cl.Cn1ccnc1C1CNCCN1C(=O)c1cc(Cl)c[nH]1. The summed E-state index contributed by atoms with van der Waals surface area (Å²) in [6.45, 7) is 2.12. The summed E-state index contributed by atoms with van der Waals surface area (Å²) >= 11 is 5.87. The first-order valence-corrected chi connectivity index (χ1v) is 6.87. The maximum atomic E-state index is 12.6. The van der Waals surface area contributed by atoms with E-state index in [1.54, 1.807) is 18.5 Å². The second kappa shape index (κ2) is 6.51. The van der Waals surface area contributed by atoms with Crippen LogP contribution in [0.3, 0.4) is 0 Å². The predicted octanol–water partition coefficient (Wildman–Crippen LogP) is 1.61. The molecule has 21 heavy (non-hydrogen) atoms. The number of carbonyl (C=O) groups is 1. The van der Waals surface area contributed by atoms with Crippen molar-refractivity contribution in [2.75, 3.05) is 19.6 Å². The molecule has 0 aromatic carbocycles. The fourth-order valence-corrected chi connectivity index (χ4v) is 2.69. The fourth-order valence-electron chi connectivity index (χ4n) is 2.52. The average Bonchev–Trinajstić information content (AvgIpc) is 3.07. The molecule has 0 aliphatic carbocycles. The van der Waals surface area contributed by atoms with E-state index in [4.69, 9.17) is 11.6 Å². The molecule has 0 bridgehead atoms. The zero-order valence-electron chi connectivity index (χ0n) is 11.5. The lowest BCUT2D eigenvalue weighted by atomic mass is 10.1. The molecule has 0 saturated carbocycles. The molecule has 1 aliphatic heterocycles. The fraction of sp³-hybridized carbons (Fsp3) is 0.385. The normalized spacial score (nSPS) is 18.4. The first-order valence-electron chi connectivity index (χ1n) is 6.49. The number of hydrogen-bond acceptors (Lipinski definition) is 3. The number of rotatable bonds is 2. The highest BCUT2D eigenvalue weighted by molar-refractivity contribution is 6.30. The lowest BCUT2D eigenvalue weighted by Crippen LogP contribution is -2.49. The molecule has 1 atom stereocenters. The van der Waals surface area contributed by atoms with Crippen LogP contribution in [0.5, 0.6) is 0 Å². The van der Waals surface area contributed by atoms with Crippen LogP contribution in [0.25, 0.3) is 0 Å². The summed E-state index contributed by atoms with van der Waals surface area (Å²) in [5.41, 5.74) is 0.510. The minimum Gasteiger partial charge on any atom is -0.356 e. The van der Waals surface area contributed by atoms with Crippen molar-refractivity contribution >= 4 is 29.9 Å². The Labute approximate surface area is 133 Å². The molecule has 2 aromatic heterocycles. The number of aromatic amines is 1. The first kappa shape index (κ1) is 15.9. The third-order valence-corrected chi connectivity index (χ3v) is 3.76. The number of aryl methyl sites for hydroxylation is 1. The Morgan fingerprint density at radius 1 is 1.52 bits per heavy atom. The second-order valence-corrected chi connectivity index (χ2v) is 5.28. The molecule has 1 saturated heterocycles. The molecule has 6 nitrogen and oxygen atoms in total. The van der Waals surface area contributed by atoms with Crippen molar-refractivity contribution < 1.29 is 4.79 Å². The van der Waals surface area contributed by atoms with Crippen LogP contribution in [0, 0.1) is 0 Å². The lowest BCUT2D eigenvalue weighted by Gasteiger charge is -2.35. The van der Waals surface area contributed by atoms with Gasteiger partial charge >= 0.3 is 0 Å². The molecule has 1 amide bonds. The van der Waals surface area contributed by atoms with Crippen LogP contribution in [0.2, 0.25) is 5.02 Å². The smallest absolute Gasteiger partial charge is 0.271 e. The van der Waals surface area contributed by atoms with Gasteiger partial charge in [-0.1, -0.05) is 11.6 Å². The number of halogens is 2. The number of hydrogen-bond donors (Lipinski definition) is 2. The van der Waals surface area contributed by atoms with E-state index in [0.717, 1.165) is 12.4 Å². The Bertz CT molecular complexity index is 624. The largest absolute Gasteiger partial charge is 0.356 e. The summed E-state index contributed by atoms with van der Waals surface area (Å²) in [7, 11) is 1.94. The van der Waals surface area contributed by atoms with Gasteiger partial charge in [0.1, 0.15) is 17.6 Å². The van der Waals surface area contributed by atoms with Crippen LogP contribution in [-0.4, -0.2) is 45.0 Å². The highest BCUT2D eigenvalue weighted by Crippen LogP contribution is 2.23. The van der Waals surface area contributed by atoms with Crippen molar-refractivity contribution in [1.29, 1.82) is 0 Å². The van der Waals surface area contributed by atoms with Gasteiger partial charge in [0.05, 0.1) is 5.02 Å². The molecule has 1 aliphatic rings. The topological polar surface area (TPSA) is 66.0 Å². The van der Waals surface area contributed by atoms with E-state index in [2.05, 4.69) is 15.3 Å². The number of aromatic nitrogens is 3. The molecule has 3 rings (SSSR count). The molecule has 114 valence electrons. The maximum Gasteiger partial charge on any atom is 0.271 e. The van der Waals surface area contributed by atoms with Crippen LogP contribution >= 0.6 is 24.0 Å². The minimum atomic E-state index is -0.0710. The van der Waals surface area contributed by atoms with Gasteiger partial charge in [-0.05, 0) is 6.07 Å². The maximum absolute atomic E-state index is 12.6. The number of imidazole rings is 1. The van der Waals surface area contributed by atoms with Crippen LogP contribution in [0.15, 0.2) is 24.7 Å². The van der Waals surface area contributed by atoms with Crippen LogP contribution in [0.1, 0.15) is 22.4 Å². The molecule has 2 N–H and O–H groups in total. The Kier molecular flexibility index (Phi) is 4.92. The summed E-state index contributed by atoms with van der Waals surface area (Å²) in [5, 5.41) is 3.85. The van der Waals surface area contributed by atoms with Gasteiger partial charge in [0.2, 0.25) is 0 Å². The molecule has 1 fully saturated rings. The van der Waals surface area contributed by atoms with E-state index < -0.39 is 0 Å². The highest BCUT2D eigenvalue weighted by Gasteiger charge is 2.31. The Morgan fingerprint density at radius 2 is 2.33 bits per heavy atom. The number of H-pyrrole nitrogens is 1. The van der Waals surface area contributed by atoms with Crippen molar-refractivity contribution in [1.82, 2.24) is 24.8 Å². The van der Waals surface area contributed by atoms with E-state index >= 15 is 0 Å². The molecule has 1 unspecified atom stereocenters. The third kappa shape index (κ3) is 3.07. The van der Waals surface area contributed by atoms with Gasteiger partial charge in [-0.2, -0.15) is 0 Å². The zero-order chi connectivity index (χ0) is 14.1. The minimum absolute atomic E-state index is 0. The van der Waals surface area contributed by atoms with Crippen LogP contribution < -0.4 is 5.32 Å². The van der Waals surface area contributed by atoms with Gasteiger partial charge in [-0.3, -0.25) is 4.79 Å².